The zero-order valence-corrected chi connectivity index (χ0v) is 14.4. The Balaban J connectivity index is 1.71. The van der Waals surface area contributed by atoms with Gasteiger partial charge in [-0.25, -0.2) is 4.79 Å². The number of hydrogen-bond donors (Lipinski definition) is 0. The van der Waals surface area contributed by atoms with Crippen molar-refractivity contribution in [3.63, 3.8) is 0 Å². The first kappa shape index (κ1) is 18.7. The van der Waals surface area contributed by atoms with Crippen molar-refractivity contribution in [3.05, 3.63) is 29.8 Å². The summed E-state index contributed by atoms with van der Waals surface area (Å²) in [6.45, 7) is 0. The highest BCUT2D eigenvalue weighted by Gasteiger charge is 2.35. The quantitative estimate of drug-likeness (QED) is 0.611. The molecule has 2 aliphatic rings. The standard InChI is InChI=1S/C15H12N2O9S/c18-11-5-6-12(19)16(11)25-15(22)9-1-3-10(4-2-9)27(23,24)26-17-13(20)7-8-14(17)21/h1-4H,5-8H2. The van der Waals surface area contributed by atoms with Gasteiger partial charge in [-0.1, -0.05) is 0 Å². The molecule has 0 bridgehead atoms. The second-order valence-corrected chi connectivity index (χ2v) is 7.12. The zero-order chi connectivity index (χ0) is 19.8. The van der Waals surface area contributed by atoms with Gasteiger partial charge in [-0.05, 0) is 24.3 Å². The molecule has 0 unspecified atom stereocenters. The number of imide groups is 2. The number of nitrogens with zero attached hydrogens (tertiary/aromatic N) is 2. The Bertz CT molecular complexity index is 920. The monoisotopic (exact) mass is 396 g/mol. The van der Waals surface area contributed by atoms with Crippen LogP contribution in [0, 0.1) is 0 Å². The molecule has 12 heteroatoms. The minimum absolute atomic E-state index is 0.0609. The molecule has 1 aromatic rings. The van der Waals surface area contributed by atoms with Gasteiger partial charge in [0.25, 0.3) is 23.6 Å². The van der Waals surface area contributed by atoms with Gasteiger partial charge >= 0.3 is 16.1 Å². The SMILES string of the molecule is O=C(ON1C(=O)CCC1=O)c1ccc(S(=O)(=O)ON2C(=O)CCC2=O)cc1. The van der Waals surface area contributed by atoms with Crippen LogP contribution < -0.4 is 0 Å². The molecule has 2 heterocycles. The summed E-state index contributed by atoms with van der Waals surface area (Å²) in [5, 5.41) is 0.544. The average molecular weight is 396 g/mol. The summed E-state index contributed by atoms with van der Waals surface area (Å²) in [5.41, 5.74) is -0.130. The molecule has 0 spiro atoms. The number of hydroxylamine groups is 4. The third-order valence-electron chi connectivity index (χ3n) is 3.74. The predicted molar refractivity (Wildman–Crippen MR) is 82.3 cm³/mol. The first-order chi connectivity index (χ1) is 12.7. The fourth-order valence-electron chi connectivity index (χ4n) is 2.33. The molecule has 0 atom stereocenters. The molecule has 0 N–H and O–H groups in total. The van der Waals surface area contributed by atoms with E-state index in [1.165, 1.54) is 0 Å². The van der Waals surface area contributed by atoms with Gasteiger partial charge in [0, 0.05) is 25.7 Å². The second-order valence-electron chi connectivity index (χ2n) is 5.60. The van der Waals surface area contributed by atoms with Gasteiger partial charge in [0.05, 0.1) is 10.5 Å². The highest BCUT2D eigenvalue weighted by atomic mass is 32.2. The maximum Gasteiger partial charge on any atom is 0.363 e. The molecule has 2 fully saturated rings. The van der Waals surface area contributed by atoms with Crippen LogP contribution in [0.25, 0.3) is 0 Å². The molecule has 0 aromatic heterocycles. The molecule has 11 nitrogen and oxygen atoms in total. The van der Waals surface area contributed by atoms with Crippen molar-refractivity contribution in [2.24, 2.45) is 0 Å². The molecule has 27 heavy (non-hydrogen) atoms. The molecule has 4 amide bonds. The average Bonchev–Trinajstić information content (AvgIpc) is 3.11. The van der Waals surface area contributed by atoms with E-state index in [9.17, 15) is 32.4 Å². The van der Waals surface area contributed by atoms with Crippen LogP contribution >= 0.6 is 0 Å². The molecule has 0 aliphatic carbocycles. The van der Waals surface area contributed by atoms with Crippen LogP contribution in [0.2, 0.25) is 0 Å². The minimum Gasteiger partial charge on any atom is -0.325 e. The number of rotatable bonds is 5. The Hall–Kier alpha value is -3.12. The summed E-state index contributed by atoms with van der Waals surface area (Å²) in [6, 6.07) is 4.11. The van der Waals surface area contributed by atoms with Gasteiger partial charge < -0.3 is 4.84 Å². The highest BCUT2D eigenvalue weighted by Crippen LogP contribution is 2.20. The van der Waals surface area contributed by atoms with Gasteiger partial charge in [0.15, 0.2) is 0 Å². The summed E-state index contributed by atoms with van der Waals surface area (Å²) in [4.78, 5) is 62.0. The van der Waals surface area contributed by atoms with Crippen LogP contribution in [0.15, 0.2) is 29.2 Å². The summed E-state index contributed by atoms with van der Waals surface area (Å²) in [7, 11) is -4.48. The van der Waals surface area contributed by atoms with Crippen molar-refractivity contribution in [1.29, 1.82) is 0 Å². The Kier molecular flexibility index (Phi) is 4.76. The third-order valence-corrected chi connectivity index (χ3v) is 4.93. The Morgan fingerprint density at radius 2 is 1.22 bits per heavy atom. The van der Waals surface area contributed by atoms with E-state index >= 15 is 0 Å². The van der Waals surface area contributed by atoms with Crippen LogP contribution in [0.4, 0.5) is 0 Å². The number of carbonyl (C=O) groups is 5. The van der Waals surface area contributed by atoms with E-state index in [4.69, 9.17) is 4.84 Å². The summed E-state index contributed by atoms with van der Waals surface area (Å²) in [6.07, 6.45) is -0.413. The predicted octanol–water partition coefficient (Wildman–Crippen LogP) is -0.323. The van der Waals surface area contributed by atoms with Gasteiger partial charge in [0.2, 0.25) is 0 Å². The van der Waals surface area contributed by atoms with Gasteiger partial charge in [-0.3, -0.25) is 19.2 Å². The summed E-state index contributed by atoms with van der Waals surface area (Å²) >= 11 is 0. The van der Waals surface area contributed by atoms with Crippen LogP contribution in [0.5, 0.6) is 0 Å². The van der Waals surface area contributed by atoms with Crippen LogP contribution in [-0.2, 0) is 38.4 Å². The van der Waals surface area contributed by atoms with E-state index in [-0.39, 0.29) is 36.3 Å². The molecule has 2 saturated heterocycles. The van der Waals surface area contributed by atoms with E-state index < -0.39 is 44.6 Å². The van der Waals surface area contributed by atoms with Gasteiger partial charge in [-0.15, -0.1) is 14.4 Å². The lowest BCUT2D eigenvalue weighted by Gasteiger charge is -2.14. The van der Waals surface area contributed by atoms with E-state index in [0.717, 1.165) is 24.3 Å². The molecule has 1 aromatic carbocycles. The molecule has 142 valence electrons. The molecule has 2 aliphatic heterocycles. The Morgan fingerprint density at radius 1 is 0.778 bits per heavy atom. The Labute approximate surface area is 152 Å². The molecule has 3 rings (SSSR count). The van der Waals surface area contributed by atoms with E-state index in [1.807, 2.05) is 0 Å². The van der Waals surface area contributed by atoms with Crippen molar-refractivity contribution in [2.75, 3.05) is 0 Å². The minimum atomic E-state index is -4.48. The van der Waals surface area contributed by atoms with Crippen LogP contribution in [0.1, 0.15) is 36.0 Å². The highest BCUT2D eigenvalue weighted by molar-refractivity contribution is 7.86. The Morgan fingerprint density at radius 3 is 1.70 bits per heavy atom. The molecular weight excluding hydrogens is 384 g/mol. The van der Waals surface area contributed by atoms with Crippen LogP contribution in [0.3, 0.4) is 0 Å². The molecular formula is C15H12N2O9S. The lowest BCUT2D eigenvalue weighted by Crippen LogP contribution is -2.32. The largest absolute Gasteiger partial charge is 0.363 e. The van der Waals surface area contributed by atoms with Crippen molar-refractivity contribution < 1.29 is 41.5 Å². The maximum atomic E-state index is 12.1. The first-order valence-electron chi connectivity index (χ1n) is 7.67. The van der Waals surface area contributed by atoms with Crippen LogP contribution in [-0.4, -0.2) is 48.1 Å². The summed E-state index contributed by atoms with van der Waals surface area (Å²) in [5.74, 6) is -3.89. The van der Waals surface area contributed by atoms with E-state index in [0.29, 0.717) is 5.06 Å². The van der Waals surface area contributed by atoms with Gasteiger partial charge in [0.1, 0.15) is 0 Å². The fourth-order valence-corrected chi connectivity index (χ4v) is 3.25. The van der Waals surface area contributed by atoms with Gasteiger partial charge in [-0.2, -0.15) is 8.42 Å². The smallest absolute Gasteiger partial charge is 0.325 e. The summed E-state index contributed by atoms with van der Waals surface area (Å²) < 4.78 is 28.8. The van der Waals surface area contributed by atoms with Crippen molar-refractivity contribution in [3.8, 4) is 0 Å². The van der Waals surface area contributed by atoms with Crippen molar-refractivity contribution in [1.82, 2.24) is 10.1 Å². The van der Waals surface area contributed by atoms with Crippen molar-refractivity contribution in [2.45, 2.75) is 30.6 Å². The normalized spacial score (nSPS) is 17.8. The van der Waals surface area contributed by atoms with E-state index in [2.05, 4.69) is 4.28 Å². The number of benzene rings is 1. The molecule has 0 saturated carbocycles. The molecule has 0 radical (unpaired) electrons. The number of hydrogen-bond acceptors (Lipinski definition) is 9. The van der Waals surface area contributed by atoms with E-state index in [1.54, 1.807) is 0 Å². The third kappa shape index (κ3) is 3.71. The number of carbonyl (C=O) groups excluding carboxylic acids is 5. The first-order valence-corrected chi connectivity index (χ1v) is 9.08. The second kappa shape index (κ2) is 6.89. The fraction of sp³-hybridized carbons (Fsp3) is 0.267. The topological polar surface area (TPSA) is 144 Å². The number of amides is 4. The van der Waals surface area contributed by atoms with Crippen molar-refractivity contribution >= 4 is 39.7 Å². The lowest BCUT2D eigenvalue weighted by molar-refractivity contribution is -0.172. The lowest BCUT2D eigenvalue weighted by atomic mass is 10.2. The maximum absolute atomic E-state index is 12.1. The zero-order valence-electron chi connectivity index (χ0n) is 13.6.